The van der Waals surface area contributed by atoms with Crippen molar-refractivity contribution in [2.24, 2.45) is 5.92 Å². The Kier molecular flexibility index (Phi) is 4.73. The number of hydrogen-bond acceptors (Lipinski definition) is 2. The van der Waals surface area contributed by atoms with Gasteiger partial charge in [-0.2, -0.15) is 0 Å². The predicted molar refractivity (Wildman–Crippen MR) is 41.0 cm³/mol. The lowest BCUT2D eigenvalue weighted by molar-refractivity contribution is 0.178. The standard InChI is InChI=1S/C4H10BrO4P/c1-4(2-5)3-9-10(6,7)8/h4H,2-3H2,1H3,(H2,6,7,8). The van der Waals surface area contributed by atoms with Crippen LogP contribution >= 0.6 is 23.8 Å². The second-order valence-corrected chi connectivity index (χ2v) is 3.93. The Hall–Kier alpha value is 0.590. The van der Waals surface area contributed by atoms with Crippen molar-refractivity contribution < 1.29 is 18.9 Å². The lowest BCUT2D eigenvalue weighted by atomic mass is 10.2. The van der Waals surface area contributed by atoms with Crippen LogP contribution in [0.3, 0.4) is 0 Å². The molecule has 0 fully saturated rings. The van der Waals surface area contributed by atoms with E-state index in [1.807, 2.05) is 6.92 Å². The van der Waals surface area contributed by atoms with Gasteiger partial charge in [-0.25, -0.2) is 4.57 Å². The fraction of sp³-hybridized carbons (Fsp3) is 1.00. The van der Waals surface area contributed by atoms with Crippen LogP contribution < -0.4 is 0 Å². The molecular formula is C4H10BrO4P. The zero-order valence-electron chi connectivity index (χ0n) is 5.53. The molecule has 1 atom stereocenters. The summed E-state index contributed by atoms with van der Waals surface area (Å²) in [6, 6.07) is 0. The molecule has 0 heterocycles. The van der Waals surface area contributed by atoms with E-state index in [2.05, 4.69) is 20.5 Å². The minimum absolute atomic E-state index is 0.0789. The third kappa shape index (κ3) is 6.71. The summed E-state index contributed by atoms with van der Waals surface area (Å²) in [4.78, 5) is 16.5. The Bertz CT molecular complexity index is 133. The molecule has 0 aliphatic rings. The molecule has 0 radical (unpaired) electrons. The second-order valence-electron chi connectivity index (χ2n) is 2.05. The van der Waals surface area contributed by atoms with Crippen molar-refractivity contribution in [1.82, 2.24) is 0 Å². The molecule has 0 amide bonds. The Morgan fingerprint density at radius 3 is 2.50 bits per heavy atom. The summed E-state index contributed by atoms with van der Waals surface area (Å²) in [6.07, 6.45) is 0. The molecule has 0 aromatic carbocycles. The first-order chi connectivity index (χ1) is 4.45. The summed E-state index contributed by atoms with van der Waals surface area (Å²) in [5.41, 5.74) is 0. The Morgan fingerprint density at radius 1 is 1.70 bits per heavy atom. The molecule has 0 spiro atoms. The molecule has 1 unspecified atom stereocenters. The molecular weight excluding hydrogens is 223 g/mol. The van der Waals surface area contributed by atoms with Crippen LogP contribution in [0.25, 0.3) is 0 Å². The van der Waals surface area contributed by atoms with Crippen molar-refractivity contribution in [3.8, 4) is 0 Å². The van der Waals surface area contributed by atoms with E-state index >= 15 is 0 Å². The fourth-order valence-corrected chi connectivity index (χ4v) is 0.904. The number of hydrogen-bond donors (Lipinski definition) is 2. The van der Waals surface area contributed by atoms with Crippen molar-refractivity contribution in [3.05, 3.63) is 0 Å². The van der Waals surface area contributed by atoms with Gasteiger partial charge in [0, 0.05) is 5.33 Å². The summed E-state index contributed by atoms with van der Waals surface area (Å²) < 4.78 is 14.3. The van der Waals surface area contributed by atoms with Crippen LogP contribution in [0, 0.1) is 5.92 Å². The third-order valence-electron chi connectivity index (χ3n) is 0.791. The van der Waals surface area contributed by atoms with Crippen LogP contribution in [0.4, 0.5) is 0 Å². The normalized spacial score (nSPS) is 15.2. The molecule has 62 valence electrons. The van der Waals surface area contributed by atoms with Gasteiger partial charge < -0.3 is 9.79 Å². The summed E-state index contributed by atoms with van der Waals surface area (Å²) in [5, 5.41) is 0.674. The predicted octanol–water partition coefficient (Wildman–Crippen LogP) is 1.13. The number of rotatable bonds is 4. The summed E-state index contributed by atoms with van der Waals surface area (Å²) in [5.74, 6) is 0.118. The molecule has 6 heteroatoms. The average molecular weight is 233 g/mol. The average Bonchev–Trinajstić information content (AvgIpc) is 1.81. The van der Waals surface area contributed by atoms with Crippen molar-refractivity contribution in [2.45, 2.75) is 6.92 Å². The number of phosphoric ester groups is 1. The van der Waals surface area contributed by atoms with Crippen molar-refractivity contribution in [1.29, 1.82) is 0 Å². The van der Waals surface area contributed by atoms with Gasteiger partial charge >= 0.3 is 7.82 Å². The topological polar surface area (TPSA) is 66.8 Å². The van der Waals surface area contributed by atoms with Gasteiger partial charge in [0.2, 0.25) is 0 Å². The maximum absolute atomic E-state index is 10.1. The lowest BCUT2D eigenvalue weighted by Gasteiger charge is -2.08. The molecule has 0 bridgehead atoms. The van der Waals surface area contributed by atoms with Gasteiger partial charge in [-0.3, -0.25) is 4.52 Å². The summed E-state index contributed by atoms with van der Waals surface area (Å²) >= 11 is 3.15. The fourth-order valence-electron chi connectivity index (χ4n) is 0.269. The molecule has 0 aromatic rings. The molecule has 0 saturated carbocycles. The highest BCUT2D eigenvalue weighted by Crippen LogP contribution is 2.36. The molecule has 4 nitrogen and oxygen atoms in total. The van der Waals surface area contributed by atoms with E-state index in [9.17, 15) is 4.57 Å². The van der Waals surface area contributed by atoms with E-state index in [-0.39, 0.29) is 12.5 Å². The highest BCUT2D eigenvalue weighted by Gasteiger charge is 2.14. The maximum Gasteiger partial charge on any atom is 0.469 e. The van der Waals surface area contributed by atoms with Crippen LogP contribution in [-0.2, 0) is 9.09 Å². The Morgan fingerprint density at radius 2 is 2.20 bits per heavy atom. The largest absolute Gasteiger partial charge is 0.469 e. The molecule has 0 aliphatic heterocycles. The number of phosphoric acid groups is 1. The summed E-state index contributed by atoms with van der Waals surface area (Å²) in [7, 11) is -4.25. The van der Waals surface area contributed by atoms with Gasteiger partial charge in [0.25, 0.3) is 0 Å². The van der Waals surface area contributed by atoms with Gasteiger partial charge in [0.1, 0.15) is 0 Å². The molecule has 2 N–H and O–H groups in total. The Labute approximate surface area is 68.0 Å². The molecule has 0 aromatic heterocycles. The van der Waals surface area contributed by atoms with Gasteiger partial charge in [-0.05, 0) is 5.92 Å². The first-order valence-electron chi connectivity index (χ1n) is 2.71. The van der Waals surface area contributed by atoms with Crippen LogP contribution in [0.5, 0.6) is 0 Å². The molecule has 0 saturated heterocycles. The van der Waals surface area contributed by atoms with Gasteiger partial charge in [0.05, 0.1) is 6.61 Å². The monoisotopic (exact) mass is 232 g/mol. The maximum atomic E-state index is 10.1. The van der Waals surface area contributed by atoms with Gasteiger partial charge in [0.15, 0.2) is 0 Å². The van der Waals surface area contributed by atoms with E-state index < -0.39 is 7.82 Å². The van der Waals surface area contributed by atoms with E-state index in [1.165, 1.54) is 0 Å². The molecule has 10 heavy (non-hydrogen) atoms. The first-order valence-corrected chi connectivity index (χ1v) is 5.37. The van der Waals surface area contributed by atoms with Crippen molar-refractivity contribution in [3.63, 3.8) is 0 Å². The smallest absolute Gasteiger partial charge is 0.303 e. The zero-order chi connectivity index (χ0) is 8.20. The first kappa shape index (κ1) is 10.6. The van der Waals surface area contributed by atoms with Crippen molar-refractivity contribution >= 4 is 23.8 Å². The van der Waals surface area contributed by atoms with Gasteiger partial charge in [-0.15, -0.1) is 0 Å². The van der Waals surface area contributed by atoms with Crippen LogP contribution in [0.1, 0.15) is 6.92 Å². The van der Waals surface area contributed by atoms with Crippen LogP contribution in [0.15, 0.2) is 0 Å². The highest BCUT2D eigenvalue weighted by molar-refractivity contribution is 9.09. The van der Waals surface area contributed by atoms with E-state index in [0.717, 1.165) is 0 Å². The minimum atomic E-state index is -4.25. The van der Waals surface area contributed by atoms with E-state index in [0.29, 0.717) is 5.33 Å². The van der Waals surface area contributed by atoms with Crippen molar-refractivity contribution in [2.75, 3.05) is 11.9 Å². The van der Waals surface area contributed by atoms with E-state index in [4.69, 9.17) is 9.79 Å². The quantitative estimate of drug-likeness (QED) is 0.564. The number of alkyl halides is 1. The minimum Gasteiger partial charge on any atom is -0.303 e. The lowest BCUT2D eigenvalue weighted by Crippen LogP contribution is -2.05. The number of halogens is 1. The van der Waals surface area contributed by atoms with Crippen LogP contribution in [0.2, 0.25) is 0 Å². The molecule has 0 aliphatic carbocycles. The van der Waals surface area contributed by atoms with E-state index in [1.54, 1.807) is 0 Å². The SMILES string of the molecule is CC(CBr)COP(=O)(O)O. The second kappa shape index (κ2) is 4.46. The molecule has 0 rings (SSSR count). The Balaban J connectivity index is 3.46. The van der Waals surface area contributed by atoms with Gasteiger partial charge in [-0.1, -0.05) is 22.9 Å². The van der Waals surface area contributed by atoms with Crippen LogP contribution in [-0.4, -0.2) is 21.7 Å². The highest BCUT2D eigenvalue weighted by atomic mass is 79.9. The third-order valence-corrected chi connectivity index (χ3v) is 2.38. The summed E-state index contributed by atoms with van der Waals surface area (Å²) in [6.45, 7) is 1.90. The zero-order valence-corrected chi connectivity index (χ0v) is 8.01.